The number of para-hydroxylation sites is 1. The first-order chi connectivity index (χ1) is 16.8. The summed E-state index contributed by atoms with van der Waals surface area (Å²) in [7, 11) is -3.94. The van der Waals surface area contributed by atoms with E-state index < -0.39 is 22.2 Å². The lowest BCUT2D eigenvalue weighted by Gasteiger charge is -2.38. The second-order valence-corrected chi connectivity index (χ2v) is 11.1. The van der Waals surface area contributed by atoms with Gasteiger partial charge in [0.05, 0.1) is 10.6 Å². The van der Waals surface area contributed by atoms with Gasteiger partial charge in [-0.15, -0.1) is 0 Å². The van der Waals surface area contributed by atoms with Crippen LogP contribution in [-0.2, 0) is 19.6 Å². The Hall–Kier alpha value is -3.11. The number of amides is 2. The quantitative estimate of drug-likeness (QED) is 0.694. The van der Waals surface area contributed by atoms with E-state index in [0.29, 0.717) is 62.6 Å². The zero-order valence-corrected chi connectivity index (χ0v) is 20.8. The van der Waals surface area contributed by atoms with E-state index in [9.17, 15) is 18.0 Å². The summed E-state index contributed by atoms with van der Waals surface area (Å²) in [5.74, 6) is -0.0861. The number of ether oxygens (including phenoxy) is 1. The van der Waals surface area contributed by atoms with Gasteiger partial charge in [-0.25, -0.2) is 8.42 Å². The fourth-order valence-electron chi connectivity index (χ4n) is 5.06. The molecule has 3 heterocycles. The Balaban J connectivity index is 1.33. The Morgan fingerprint density at radius 2 is 1.77 bits per heavy atom. The van der Waals surface area contributed by atoms with Gasteiger partial charge in [0.2, 0.25) is 15.9 Å². The maximum Gasteiger partial charge on any atom is 0.265 e. The number of nitrogens with zero attached hydrogens (tertiary/aromatic N) is 3. The van der Waals surface area contributed by atoms with Crippen molar-refractivity contribution in [2.45, 2.75) is 43.7 Å². The van der Waals surface area contributed by atoms with Gasteiger partial charge in [0.1, 0.15) is 11.8 Å². The molecular weight excluding hydrogens is 468 g/mol. The van der Waals surface area contributed by atoms with E-state index in [4.69, 9.17) is 4.74 Å². The van der Waals surface area contributed by atoms with E-state index in [0.717, 1.165) is 5.69 Å². The van der Waals surface area contributed by atoms with Crippen molar-refractivity contribution in [3.8, 4) is 5.75 Å². The van der Waals surface area contributed by atoms with Gasteiger partial charge in [0.15, 0.2) is 6.10 Å². The molecule has 10 heteroatoms. The van der Waals surface area contributed by atoms with Gasteiger partial charge in [-0.3, -0.25) is 9.59 Å². The summed E-state index contributed by atoms with van der Waals surface area (Å²) in [4.78, 5) is 29.5. The van der Waals surface area contributed by atoms with Gasteiger partial charge < -0.3 is 19.9 Å². The minimum Gasteiger partial charge on any atom is -0.479 e. The van der Waals surface area contributed by atoms with Crippen molar-refractivity contribution in [3.05, 3.63) is 48.0 Å². The lowest BCUT2D eigenvalue weighted by molar-refractivity contribution is -0.134. The fraction of sp³-hybridized carbons (Fsp3) is 0.440. The number of piperazine rings is 1. The van der Waals surface area contributed by atoms with Gasteiger partial charge in [0, 0.05) is 44.5 Å². The maximum absolute atomic E-state index is 13.7. The Bertz CT molecular complexity index is 1240. The number of sulfonamides is 1. The summed E-state index contributed by atoms with van der Waals surface area (Å²) in [6.45, 7) is 6.13. The van der Waals surface area contributed by atoms with Crippen LogP contribution in [-0.4, -0.2) is 74.3 Å². The Morgan fingerprint density at radius 1 is 1.06 bits per heavy atom. The number of nitrogens with one attached hydrogen (secondary N) is 1. The number of hydrogen-bond donors (Lipinski definition) is 1. The minimum absolute atomic E-state index is 0.105. The van der Waals surface area contributed by atoms with Gasteiger partial charge in [-0.2, -0.15) is 4.31 Å². The molecule has 9 nitrogen and oxygen atoms in total. The van der Waals surface area contributed by atoms with Crippen LogP contribution in [0.15, 0.2) is 47.4 Å². The average molecular weight is 499 g/mol. The van der Waals surface area contributed by atoms with Crippen molar-refractivity contribution in [2.24, 2.45) is 0 Å². The summed E-state index contributed by atoms with van der Waals surface area (Å²) in [6, 6.07) is 12.5. The molecule has 0 unspecified atom stereocenters. The van der Waals surface area contributed by atoms with Crippen LogP contribution >= 0.6 is 0 Å². The van der Waals surface area contributed by atoms with Crippen molar-refractivity contribution >= 4 is 33.2 Å². The second kappa shape index (κ2) is 9.16. The highest BCUT2D eigenvalue weighted by molar-refractivity contribution is 7.89. The minimum atomic E-state index is -3.94. The molecule has 2 aromatic carbocycles. The molecule has 2 aromatic rings. The Morgan fingerprint density at radius 3 is 2.49 bits per heavy atom. The van der Waals surface area contributed by atoms with Gasteiger partial charge in [-0.1, -0.05) is 18.2 Å². The van der Waals surface area contributed by atoms with E-state index in [1.807, 2.05) is 18.2 Å². The highest BCUT2D eigenvalue weighted by atomic mass is 32.2. The topological polar surface area (TPSA) is 99.3 Å². The lowest BCUT2D eigenvalue weighted by Crippen LogP contribution is -2.54. The maximum atomic E-state index is 13.7. The molecule has 186 valence electrons. The molecule has 3 aliphatic heterocycles. The number of anilines is 2. The largest absolute Gasteiger partial charge is 0.479 e. The number of benzene rings is 2. The van der Waals surface area contributed by atoms with E-state index in [2.05, 4.69) is 22.3 Å². The number of hydrogen-bond acceptors (Lipinski definition) is 6. The molecule has 0 aromatic heterocycles. The van der Waals surface area contributed by atoms with Crippen molar-refractivity contribution in [2.75, 3.05) is 42.9 Å². The number of aryl methyl sites for hydroxylation is 1. The normalized spacial score (nSPS) is 23.0. The predicted molar refractivity (Wildman–Crippen MR) is 132 cm³/mol. The molecule has 0 radical (unpaired) electrons. The molecule has 1 N–H and O–H groups in total. The molecule has 0 bridgehead atoms. The molecule has 0 aliphatic carbocycles. The Labute approximate surface area is 205 Å². The fourth-order valence-corrected chi connectivity index (χ4v) is 6.93. The van der Waals surface area contributed by atoms with Crippen LogP contribution in [0.25, 0.3) is 0 Å². The van der Waals surface area contributed by atoms with Gasteiger partial charge in [0.25, 0.3) is 5.91 Å². The second-order valence-electron chi connectivity index (χ2n) is 9.28. The molecule has 5 rings (SSSR count). The zero-order valence-electron chi connectivity index (χ0n) is 19.9. The third-order valence-electron chi connectivity index (χ3n) is 7.00. The molecule has 2 fully saturated rings. The number of carbonyl (C=O) groups is 2. The summed E-state index contributed by atoms with van der Waals surface area (Å²) < 4.78 is 34.4. The first-order valence-corrected chi connectivity index (χ1v) is 13.4. The van der Waals surface area contributed by atoms with Crippen molar-refractivity contribution in [1.29, 1.82) is 0 Å². The lowest BCUT2D eigenvalue weighted by atomic mass is 10.1. The first kappa shape index (κ1) is 23.6. The van der Waals surface area contributed by atoms with Crippen LogP contribution in [0.3, 0.4) is 0 Å². The van der Waals surface area contributed by atoms with E-state index >= 15 is 0 Å². The zero-order chi connectivity index (χ0) is 24.7. The summed E-state index contributed by atoms with van der Waals surface area (Å²) in [5, 5.41) is 2.75. The van der Waals surface area contributed by atoms with Crippen LogP contribution < -0.4 is 15.0 Å². The summed E-state index contributed by atoms with van der Waals surface area (Å²) in [5.41, 5.74) is 2.08. The van der Waals surface area contributed by atoms with E-state index in [1.54, 1.807) is 24.8 Å². The molecule has 35 heavy (non-hydrogen) atoms. The van der Waals surface area contributed by atoms with Crippen LogP contribution in [0.4, 0.5) is 11.4 Å². The van der Waals surface area contributed by atoms with Crippen molar-refractivity contribution in [1.82, 2.24) is 9.21 Å². The predicted octanol–water partition coefficient (Wildman–Crippen LogP) is 2.22. The SMILES string of the molecule is Cc1cc2c(cc1S(=O)(=O)N1CCC[C@@H]1C(=O)N1CCN(c3ccccc3)CC1)O[C@@H](C)C(=O)N2. The molecule has 2 amide bonds. The first-order valence-electron chi connectivity index (χ1n) is 12.0. The van der Waals surface area contributed by atoms with Gasteiger partial charge >= 0.3 is 0 Å². The van der Waals surface area contributed by atoms with Crippen LogP contribution in [0.1, 0.15) is 25.3 Å². The monoisotopic (exact) mass is 498 g/mol. The third kappa shape index (κ3) is 4.36. The molecule has 0 spiro atoms. The van der Waals surface area contributed by atoms with E-state index in [-0.39, 0.29) is 16.7 Å². The highest BCUT2D eigenvalue weighted by Crippen LogP contribution is 2.37. The van der Waals surface area contributed by atoms with Crippen molar-refractivity contribution in [3.63, 3.8) is 0 Å². The molecular formula is C25H30N4O5S. The van der Waals surface area contributed by atoms with Crippen LogP contribution in [0.5, 0.6) is 5.75 Å². The van der Waals surface area contributed by atoms with Crippen LogP contribution in [0.2, 0.25) is 0 Å². The van der Waals surface area contributed by atoms with Crippen LogP contribution in [0, 0.1) is 6.92 Å². The molecule has 0 saturated carbocycles. The molecule has 2 atom stereocenters. The number of fused-ring (bicyclic) bond motifs is 1. The molecule has 2 saturated heterocycles. The summed E-state index contributed by atoms with van der Waals surface area (Å²) in [6.07, 6.45) is 0.425. The number of rotatable bonds is 4. The number of carbonyl (C=O) groups excluding carboxylic acids is 2. The smallest absolute Gasteiger partial charge is 0.265 e. The molecule has 3 aliphatic rings. The highest BCUT2D eigenvalue weighted by Gasteiger charge is 2.42. The average Bonchev–Trinajstić information content (AvgIpc) is 3.36. The van der Waals surface area contributed by atoms with Gasteiger partial charge in [-0.05, 0) is 50.5 Å². The van der Waals surface area contributed by atoms with E-state index in [1.165, 1.54) is 10.4 Å². The Kier molecular flexibility index (Phi) is 6.18. The van der Waals surface area contributed by atoms with Crippen molar-refractivity contribution < 1.29 is 22.7 Å². The standard InChI is InChI=1S/C25H30N4O5S/c1-17-15-20-22(34-18(2)24(30)26-20)16-23(17)35(32,33)29-10-6-9-21(29)25(31)28-13-11-27(12-14-28)19-7-4-3-5-8-19/h3-5,7-8,15-16,18,21H,6,9-14H2,1-2H3,(H,26,30)/t18-,21+/m0/s1. The summed E-state index contributed by atoms with van der Waals surface area (Å²) >= 11 is 0. The third-order valence-corrected chi connectivity index (χ3v) is 9.05.